The van der Waals surface area contributed by atoms with Crippen LogP contribution in [0.25, 0.3) is 22.3 Å². The Balaban J connectivity index is 1.52. The van der Waals surface area contributed by atoms with Crippen LogP contribution in [0.4, 0.5) is 0 Å². The van der Waals surface area contributed by atoms with Crippen molar-refractivity contribution in [1.82, 2.24) is 19.4 Å². The monoisotopic (exact) mass is 358 g/mol. The Kier molecular flexibility index (Phi) is 4.50. The van der Waals surface area contributed by atoms with Gasteiger partial charge in [0.1, 0.15) is 12.4 Å². The molecule has 0 radical (unpaired) electrons. The number of benzene rings is 2. The normalized spacial score (nSPS) is 12.2. The van der Waals surface area contributed by atoms with Crippen LogP contribution in [0.15, 0.2) is 73.1 Å². The predicted molar refractivity (Wildman–Crippen MR) is 107 cm³/mol. The highest BCUT2D eigenvalue weighted by molar-refractivity contribution is 5.81. The molecule has 0 saturated heterocycles. The van der Waals surface area contributed by atoms with E-state index in [0.29, 0.717) is 0 Å². The Labute approximate surface area is 158 Å². The molecular weight excluding hydrogens is 336 g/mol. The van der Waals surface area contributed by atoms with Crippen LogP contribution in [-0.4, -0.2) is 32.4 Å². The zero-order valence-corrected chi connectivity index (χ0v) is 15.5. The van der Waals surface area contributed by atoms with Gasteiger partial charge in [-0.2, -0.15) is 0 Å². The van der Waals surface area contributed by atoms with Crippen molar-refractivity contribution >= 4 is 16.8 Å². The van der Waals surface area contributed by atoms with E-state index >= 15 is 0 Å². The van der Waals surface area contributed by atoms with Crippen molar-refractivity contribution in [1.29, 1.82) is 0 Å². The molecule has 0 saturated carbocycles. The average Bonchev–Trinajstić information content (AvgIpc) is 3.34. The molecule has 1 N–H and O–H groups in total. The molecule has 136 valence electrons. The molecule has 27 heavy (non-hydrogen) atoms. The van der Waals surface area contributed by atoms with Crippen LogP contribution in [0.1, 0.15) is 18.7 Å². The van der Waals surface area contributed by atoms with Gasteiger partial charge in [0.15, 0.2) is 0 Å². The van der Waals surface area contributed by atoms with Gasteiger partial charge in [0, 0.05) is 36.2 Å². The lowest BCUT2D eigenvalue weighted by atomic mass is 10.2. The molecule has 1 atom stereocenters. The minimum atomic E-state index is -0.0476. The highest BCUT2D eigenvalue weighted by Crippen LogP contribution is 2.24. The van der Waals surface area contributed by atoms with Crippen molar-refractivity contribution in [3.05, 3.63) is 78.8 Å². The van der Waals surface area contributed by atoms with Gasteiger partial charge in [0.2, 0.25) is 5.91 Å². The van der Waals surface area contributed by atoms with E-state index in [2.05, 4.69) is 22.1 Å². The lowest BCUT2D eigenvalue weighted by Gasteiger charge is -2.24. The Bertz CT molecular complexity index is 1030. The highest BCUT2D eigenvalue weighted by Gasteiger charge is 2.20. The molecule has 4 rings (SSSR count). The van der Waals surface area contributed by atoms with Gasteiger partial charge < -0.3 is 14.5 Å². The van der Waals surface area contributed by atoms with E-state index in [1.54, 1.807) is 11.1 Å². The van der Waals surface area contributed by atoms with Gasteiger partial charge >= 0.3 is 0 Å². The van der Waals surface area contributed by atoms with E-state index in [-0.39, 0.29) is 18.5 Å². The number of aromatic amines is 1. The van der Waals surface area contributed by atoms with E-state index in [0.717, 1.165) is 28.0 Å². The van der Waals surface area contributed by atoms with Gasteiger partial charge in [0.05, 0.1) is 6.04 Å². The molecule has 0 bridgehead atoms. The molecule has 0 unspecified atom stereocenters. The zero-order chi connectivity index (χ0) is 18.8. The average molecular weight is 358 g/mol. The number of nitrogens with one attached hydrogen (secondary N) is 1. The van der Waals surface area contributed by atoms with Gasteiger partial charge in [-0.05, 0) is 24.4 Å². The largest absolute Gasteiger partial charge is 0.357 e. The Morgan fingerprint density at radius 2 is 1.89 bits per heavy atom. The number of para-hydroxylation sites is 1. The number of hydrogen-bond donors (Lipinski definition) is 1. The molecule has 5 nitrogen and oxygen atoms in total. The van der Waals surface area contributed by atoms with Crippen molar-refractivity contribution in [2.24, 2.45) is 0 Å². The summed E-state index contributed by atoms with van der Waals surface area (Å²) in [5.41, 5.74) is 3.11. The molecule has 0 aliphatic heterocycles. The summed E-state index contributed by atoms with van der Waals surface area (Å²) < 4.78 is 1.89. The number of imidazole rings is 1. The first-order valence-electron chi connectivity index (χ1n) is 9.03. The third-order valence-corrected chi connectivity index (χ3v) is 5.03. The number of H-pyrrole nitrogens is 1. The van der Waals surface area contributed by atoms with Crippen LogP contribution in [0.3, 0.4) is 0 Å². The number of amides is 1. The van der Waals surface area contributed by atoms with E-state index < -0.39 is 0 Å². The van der Waals surface area contributed by atoms with Crippen LogP contribution >= 0.6 is 0 Å². The fraction of sp³-hybridized carbons (Fsp3) is 0.182. The highest BCUT2D eigenvalue weighted by atomic mass is 16.2. The second kappa shape index (κ2) is 7.11. The maximum absolute atomic E-state index is 12.9. The first-order chi connectivity index (χ1) is 13.1. The third kappa shape index (κ3) is 3.36. The molecule has 5 heteroatoms. The van der Waals surface area contributed by atoms with Crippen LogP contribution < -0.4 is 0 Å². The van der Waals surface area contributed by atoms with Gasteiger partial charge in [-0.15, -0.1) is 0 Å². The van der Waals surface area contributed by atoms with Crippen LogP contribution in [0, 0.1) is 0 Å². The summed E-state index contributed by atoms with van der Waals surface area (Å²) >= 11 is 0. The van der Waals surface area contributed by atoms with Gasteiger partial charge in [-0.1, -0.05) is 48.5 Å². The lowest BCUT2D eigenvalue weighted by Crippen LogP contribution is -2.32. The molecule has 0 aliphatic carbocycles. The van der Waals surface area contributed by atoms with Crippen LogP contribution in [0.5, 0.6) is 0 Å². The minimum Gasteiger partial charge on any atom is -0.357 e. The third-order valence-electron chi connectivity index (χ3n) is 5.03. The maximum atomic E-state index is 12.9. The number of nitrogens with zero attached hydrogens (tertiary/aromatic N) is 3. The van der Waals surface area contributed by atoms with Crippen LogP contribution in [-0.2, 0) is 11.3 Å². The topological polar surface area (TPSA) is 53.9 Å². The van der Waals surface area contributed by atoms with Gasteiger partial charge in [-0.3, -0.25) is 4.79 Å². The summed E-state index contributed by atoms with van der Waals surface area (Å²) in [6.45, 7) is 2.29. The maximum Gasteiger partial charge on any atom is 0.242 e. The summed E-state index contributed by atoms with van der Waals surface area (Å²) in [6, 6.07) is 20.1. The fourth-order valence-corrected chi connectivity index (χ4v) is 3.29. The fourth-order valence-electron chi connectivity index (χ4n) is 3.29. The molecule has 0 aliphatic rings. The summed E-state index contributed by atoms with van der Waals surface area (Å²) in [5, 5.41) is 1.15. The number of carbonyl (C=O) groups is 1. The van der Waals surface area contributed by atoms with Gasteiger partial charge in [-0.25, -0.2) is 4.98 Å². The predicted octanol–water partition coefficient (Wildman–Crippen LogP) is 4.25. The van der Waals surface area contributed by atoms with Crippen LogP contribution in [0.2, 0.25) is 0 Å². The van der Waals surface area contributed by atoms with Crippen molar-refractivity contribution in [2.45, 2.75) is 19.5 Å². The molecule has 4 aromatic rings. The number of rotatable bonds is 5. The first kappa shape index (κ1) is 17.1. The molecular formula is C22H22N4O. The van der Waals surface area contributed by atoms with Crippen molar-refractivity contribution in [2.75, 3.05) is 7.05 Å². The summed E-state index contributed by atoms with van der Waals surface area (Å²) in [4.78, 5) is 22.5. The van der Waals surface area contributed by atoms with Crippen molar-refractivity contribution < 1.29 is 4.79 Å². The SMILES string of the molecule is C[C@H](c1cc2ccccc2[nH]1)N(C)C(=O)Cn1ccnc1-c1ccccc1. The number of hydrogen-bond acceptors (Lipinski definition) is 2. The molecule has 1 amide bonds. The quantitative estimate of drug-likeness (QED) is 0.580. The number of carbonyl (C=O) groups excluding carboxylic acids is 1. The second-order valence-electron chi connectivity index (χ2n) is 6.74. The summed E-state index contributed by atoms with van der Waals surface area (Å²) in [5.74, 6) is 0.840. The molecule has 2 heterocycles. The lowest BCUT2D eigenvalue weighted by molar-refractivity contribution is -0.132. The zero-order valence-electron chi connectivity index (χ0n) is 15.5. The minimum absolute atomic E-state index is 0.0383. The number of likely N-dealkylation sites (N-methyl/N-ethyl adjacent to an activating group) is 1. The Hall–Kier alpha value is -3.34. The number of aromatic nitrogens is 3. The summed E-state index contributed by atoms with van der Waals surface area (Å²) in [7, 11) is 1.84. The Morgan fingerprint density at radius 3 is 2.67 bits per heavy atom. The molecule has 0 spiro atoms. The van der Waals surface area contributed by atoms with E-state index in [4.69, 9.17) is 0 Å². The smallest absolute Gasteiger partial charge is 0.242 e. The van der Waals surface area contributed by atoms with E-state index in [1.807, 2.05) is 73.3 Å². The standard InChI is InChI=1S/C22H22N4O/c1-16(20-14-18-10-6-7-11-19(18)24-20)25(2)21(27)15-26-13-12-23-22(26)17-8-4-3-5-9-17/h3-14,16,24H,15H2,1-2H3/t16-/m1/s1. The number of fused-ring (bicyclic) bond motifs is 1. The second-order valence-corrected chi connectivity index (χ2v) is 6.74. The Morgan fingerprint density at radius 1 is 1.15 bits per heavy atom. The van der Waals surface area contributed by atoms with E-state index in [9.17, 15) is 4.79 Å². The van der Waals surface area contributed by atoms with Crippen molar-refractivity contribution in [3.63, 3.8) is 0 Å². The molecule has 2 aromatic carbocycles. The van der Waals surface area contributed by atoms with E-state index in [1.165, 1.54) is 0 Å². The first-order valence-corrected chi connectivity index (χ1v) is 9.03. The molecule has 2 aromatic heterocycles. The summed E-state index contributed by atoms with van der Waals surface area (Å²) in [6.07, 6.45) is 3.58. The van der Waals surface area contributed by atoms with Gasteiger partial charge in [0.25, 0.3) is 0 Å². The molecule has 0 fully saturated rings. The van der Waals surface area contributed by atoms with Crippen molar-refractivity contribution in [3.8, 4) is 11.4 Å².